The SMILES string of the molecule is COc1nc2cc(Cl)c(Cl)cc2n1C1CC(O)C(CO)O1. The number of nitrogens with zero attached hydrogens (tertiary/aromatic N) is 2. The number of hydrogen-bond acceptors (Lipinski definition) is 5. The summed E-state index contributed by atoms with van der Waals surface area (Å²) in [5, 5.41) is 19.9. The van der Waals surface area contributed by atoms with Crippen molar-refractivity contribution >= 4 is 34.2 Å². The van der Waals surface area contributed by atoms with Crippen LogP contribution in [0.1, 0.15) is 12.6 Å². The minimum atomic E-state index is -0.745. The number of rotatable bonds is 3. The van der Waals surface area contributed by atoms with E-state index in [2.05, 4.69) is 4.98 Å². The molecule has 8 heteroatoms. The van der Waals surface area contributed by atoms with Crippen LogP contribution in [0.25, 0.3) is 11.0 Å². The van der Waals surface area contributed by atoms with E-state index in [1.165, 1.54) is 7.11 Å². The van der Waals surface area contributed by atoms with Crippen molar-refractivity contribution in [2.24, 2.45) is 0 Å². The van der Waals surface area contributed by atoms with Crippen molar-refractivity contribution in [3.8, 4) is 6.01 Å². The van der Waals surface area contributed by atoms with Gasteiger partial charge in [0.1, 0.15) is 12.3 Å². The highest BCUT2D eigenvalue weighted by Crippen LogP contribution is 2.37. The van der Waals surface area contributed by atoms with Crippen LogP contribution in [0, 0.1) is 0 Å². The molecule has 3 rings (SSSR count). The fourth-order valence-electron chi connectivity index (χ4n) is 2.53. The first kappa shape index (κ1) is 14.9. The molecule has 1 aromatic heterocycles. The summed E-state index contributed by atoms with van der Waals surface area (Å²) < 4.78 is 12.6. The molecule has 0 spiro atoms. The predicted molar refractivity (Wildman–Crippen MR) is 77.9 cm³/mol. The van der Waals surface area contributed by atoms with Crippen LogP contribution < -0.4 is 4.74 Å². The van der Waals surface area contributed by atoms with Crippen molar-refractivity contribution in [1.82, 2.24) is 9.55 Å². The lowest BCUT2D eigenvalue weighted by molar-refractivity contribution is -0.0449. The summed E-state index contributed by atoms with van der Waals surface area (Å²) in [5.41, 5.74) is 1.31. The first-order chi connectivity index (χ1) is 10.0. The summed E-state index contributed by atoms with van der Waals surface area (Å²) in [6.45, 7) is -0.251. The van der Waals surface area contributed by atoms with Gasteiger partial charge in [0.15, 0.2) is 0 Å². The summed E-state index contributed by atoms with van der Waals surface area (Å²) in [4.78, 5) is 4.33. The van der Waals surface area contributed by atoms with Crippen LogP contribution in [0.3, 0.4) is 0 Å². The maximum absolute atomic E-state index is 9.89. The molecule has 1 fully saturated rings. The van der Waals surface area contributed by atoms with Gasteiger partial charge in [-0.2, -0.15) is 4.98 Å². The van der Waals surface area contributed by atoms with E-state index < -0.39 is 18.4 Å². The molecule has 3 atom stereocenters. The van der Waals surface area contributed by atoms with Crippen molar-refractivity contribution in [3.63, 3.8) is 0 Å². The summed E-state index contributed by atoms with van der Waals surface area (Å²) in [7, 11) is 1.50. The molecule has 0 aliphatic carbocycles. The molecule has 1 aliphatic heterocycles. The summed E-state index contributed by atoms with van der Waals surface area (Å²) in [6.07, 6.45) is -1.54. The van der Waals surface area contributed by atoms with Gasteiger partial charge in [-0.3, -0.25) is 4.57 Å². The fraction of sp³-hybridized carbons (Fsp3) is 0.462. The number of fused-ring (bicyclic) bond motifs is 1. The van der Waals surface area contributed by atoms with Crippen LogP contribution >= 0.6 is 23.2 Å². The third-order valence-corrected chi connectivity index (χ3v) is 4.28. The highest BCUT2D eigenvalue weighted by molar-refractivity contribution is 6.42. The first-order valence-corrected chi connectivity index (χ1v) is 7.16. The van der Waals surface area contributed by atoms with E-state index in [1.54, 1.807) is 16.7 Å². The number of ether oxygens (including phenoxy) is 2. The van der Waals surface area contributed by atoms with Crippen LogP contribution in [0.2, 0.25) is 10.0 Å². The molecule has 2 N–H and O–H groups in total. The van der Waals surface area contributed by atoms with E-state index in [-0.39, 0.29) is 6.61 Å². The molecule has 0 amide bonds. The Morgan fingerprint density at radius 2 is 2.14 bits per heavy atom. The Balaban J connectivity index is 2.10. The molecule has 0 radical (unpaired) electrons. The number of aliphatic hydroxyl groups excluding tert-OH is 2. The van der Waals surface area contributed by atoms with Crippen LogP contribution in [0.15, 0.2) is 12.1 Å². The average molecular weight is 333 g/mol. The minimum Gasteiger partial charge on any atom is -0.468 e. The summed E-state index contributed by atoms with van der Waals surface area (Å²) in [6, 6.07) is 3.66. The Morgan fingerprint density at radius 3 is 2.76 bits per heavy atom. The third-order valence-electron chi connectivity index (χ3n) is 3.55. The van der Waals surface area contributed by atoms with Crippen molar-refractivity contribution in [2.45, 2.75) is 24.9 Å². The van der Waals surface area contributed by atoms with Crippen LogP contribution in [-0.4, -0.2) is 45.7 Å². The van der Waals surface area contributed by atoms with Crippen molar-refractivity contribution in [1.29, 1.82) is 0 Å². The standard InChI is InChI=1S/C13H14Cl2N2O4/c1-20-13-16-8-2-6(14)7(15)3-9(8)17(13)12-4-10(19)11(5-18)21-12/h2-3,10-12,18-19H,4-5H2,1H3. The molecule has 6 nitrogen and oxygen atoms in total. The average Bonchev–Trinajstić information content (AvgIpc) is 2.99. The van der Waals surface area contributed by atoms with Gasteiger partial charge in [-0.1, -0.05) is 23.2 Å². The summed E-state index contributed by atoms with van der Waals surface area (Å²) >= 11 is 12.1. The van der Waals surface area contributed by atoms with Gasteiger partial charge < -0.3 is 19.7 Å². The predicted octanol–water partition coefficient (Wildman–Crippen LogP) is 1.99. The van der Waals surface area contributed by atoms with Crippen molar-refractivity contribution in [3.05, 3.63) is 22.2 Å². The Kier molecular flexibility index (Phi) is 3.98. The zero-order valence-electron chi connectivity index (χ0n) is 11.2. The maximum Gasteiger partial charge on any atom is 0.299 e. The van der Waals surface area contributed by atoms with E-state index in [1.807, 2.05) is 0 Å². The van der Waals surface area contributed by atoms with Crippen molar-refractivity contribution < 1.29 is 19.7 Å². The van der Waals surface area contributed by atoms with Gasteiger partial charge in [0.25, 0.3) is 6.01 Å². The molecule has 1 saturated heterocycles. The zero-order valence-corrected chi connectivity index (χ0v) is 12.7. The number of benzene rings is 1. The molecule has 1 aromatic carbocycles. The number of hydrogen-bond donors (Lipinski definition) is 2. The van der Waals surface area contributed by atoms with E-state index in [9.17, 15) is 10.2 Å². The van der Waals surface area contributed by atoms with Gasteiger partial charge in [0.05, 0.1) is 40.9 Å². The quantitative estimate of drug-likeness (QED) is 0.898. The molecule has 0 saturated carbocycles. The van der Waals surface area contributed by atoms with E-state index in [0.29, 0.717) is 33.5 Å². The Hall–Kier alpha value is -1.05. The molecular weight excluding hydrogens is 319 g/mol. The van der Waals surface area contributed by atoms with Gasteiger partial charge in [-0.15, -0.1) is 0 Å². The molecule has 114 valence electrons. The minimum absolute atomic E-state index is 0.251. The molecule has 2 aromatic rings. The number of aromatic nitrogens is 2. The maximum atomic E-state index is 9.89. The highest BCUT2D eigenvalue weighted by atomic mass is 35.5. The number of methoxy groups -OCH3 is 1. The Morgan fingerprint density at radius 1 is 1.43 bits per heavy atom. The molecule has 2 heterocycles. The lowest BCUT2D eigenvalue weighted by atomic mass is 10.2. The second-order valence-corrected chi connectivity index (χ2v) is 5.65. The Labute approximate surface area is 130 Å². The first-order valence-electron chi connectivity index (χ1n) is 6.40. The molecule has 1 aliphatic rings. The lowest BCUT2D eigenvalue weighted by Gasteiger charge is -2.16. The number of aliphatic hydroxyl groups is 2. The summed E-state index contributed by atoms with van der Waals surface area (Å²) in [5.74, 6) is 0. The Bertz CT molecular complexity index is 676. The number of imidazole rings is 1. The zero-order chi connectivity index (χ0) is 15.1. The smallest absolute Gasteiger partial charge is 0.299 e. The third kappa shape index (κ3) is 2.47. The lowest BCUT2D eigenvalue weighted by Crippen LogP contribution is -2.24. The molecule has 0 bridgehead atoms. The van der Waals surface area contributed by atoms with E-state index in [0.717, 1.165) is 0 Å². The van der Waals surface area contributed by atoms with Crippen LogP contribution in [-0.2, 0) is 4.74 Å². The highest BCUT2D eigenvalue weighted by Gasteiger charge is 2.36. The van der Waals surface area contributed by atoms with E-state index >= 15 is 0 Å². The second kappa shape index (κ2) is 5.62. The normalized spacial score (nSPS) is 25.7. The van der Waals surface area contributed by atoms with Crippen molar-refractivity contribution in [2.75, 3.05) is 13.7 Å². The number of halogens is 2. The monoisotopic (exact) mass is 332 g/mol. The van der Waals surface area contributed by atoms with Gasteiger partial charge in [0, 0.05) is 6.42 Å². The second-order valence-electron chi connectivity index (χ2n) is 4.84. The van der Waals surface area contributed by atoms with Gasteiger partial charge in [-0.05, 0) is 12.1 Å². The fourth-order valence-corrected chi connectivity index (χ4v) is 2.84. The van der Waals surface area contributed by atoms with Gasteiger partial charge in [0.2, 0.25) is 0 Å². The molecular formula is C13H14Cl2N2O4. The largest absolute Gasteiger partial charge is 0.468 e. The van der Waals surface area contributed by atoms with E-state index in [4.69, 9.17) is 32.7 Å². The van der Waals surface area contributed by atoms with Crippen LogP contribution in [0.5, 0.6) is 6.01 Å². The van der Waals surface area contributed by atoms with Gasteiger partial charge >= 0.3 is 0 Å². The topological polar surface area (TPSA) is 76.7 Å². The molecule has 3 unspecified atom stereocenters. The molecule has 21 heavy (non-hydrogen) atoms. The van der Waals surface area contributed by atoms with Crippen LogP contribution in [0.4, 0.5) is 0 Å². The van der Waals surface area contributed by atoms with Gasteiger partial charge in [-0.25, -0.2) is 0 Å².